The normalized spacial score (nSPS) is 12.3. The molecule has 5 heteroatoms. The Morgan fingerprint density at radius 1 is 1.29 bits per heavy atom. The summed E-state index contributed by atoms with van der Waals surface area (Å²) >= 11 is 6.03. The number of imidazole rings is 1. The molecule has 17 heavy (non-hydrogen) atoms. The minimum absolute atomic E-state index is 0.130. The topological polar surface area (TPSA) is 58.3 Å². The maximum atomic E-state index is 9.62. The molecule has 0 atom stereocenters. The zero-order valence-electron chi connectivity index (χ0n) is 10.2. The molecule has 92 valence electrons. The Morgan fingerprint density at radius 2 is 1.88 bits per heavy atom. The fourth-order valence-corrected chi connectivity index (χ4v) is 2.29. The first kappa shape index (κ1) is 12.0. The molecule has 0 amide bonds. The van der Waals surface area contributed by atoms with E-state index in [2.05, 4.69) is 4.98 Å². The van der Waals surface area contributed by atoms with E-state index >= 15 is 0 Å². The molecule has 0 saturated heterocycles. The zero-order valence-corrected chi connectivity index (χ0v) is 11.0. The van der Waals surface area contributed by atoms with Gasteiger partial charge in [-0.2, -0.15) is 0 Å². The van der Waals surface area contributed by atoms with Crippen molar-refractivity contribution in [2.45, 2.75) is 26.2 Å². The van der Waals surface area contributed by atoms with Crippen molar-refractivity contribution in [3.8, 4) is 11.5 Å². The van der Waals surface area contributed by atoms with E-state index in [4.69, 9.17) is 11.6 Å². The van der Waals surface area contributed by atoms with Crippen molar-refractivity contribution in [2.24, 2.45) is 7.05 Å². The number of halogens is 1. The lowest BCUT2D eigenvalue weighted by Gasteiger charge is -2.17. The third-order valence-electron chi connectivity index (χ3n) is 2.72. The molecule has 1 aromatic heterocycles. The molecule has 0 fully saturated rings. The van der Waals surface area contributed by atoms with Gasteiger partial charge in [-0.1, -0.05) is 32.4 Å². The van der Waals surface area contributed by atoms with Gasteiger partial charge >= 0.3 is 0 Å². The average Bonchev–Trinajstić information content (AvgIpc) is 2.52. The molecule has 0 bridgehead atoms. The Kier molecular flexibility index (Phi) is 2.51. The summed E-state index contributed by atoms with van der Waals surface area (Å²) in [5.41, 5.74) is 1.08. The molecule has 0 aliphatic carbocycles. The van der Waals surface area contributed by atoms with Gasteiger partial charge in [0.15, 0.2) is 11.5 Å². The Hall–Kier alpha value is -1.42. The van der Waals surface area contributed by atoms with Crippen molar-refractivity contribution in [2.75, 3.05) is 0 Å². The summed E-state index contributed by atoms with van der Waals surface area (Å²) < 4.78 is 1.84. The lowest BCUT2D eigenvalue weighted by Crippen LogP contribution is -2.17. The standard InChI is InChI=1S/C12H15ClN2O2/c1-12(2,3)11-14-6-5-7(16)10(17)8(13)9(6)15(11)4/h5,16-17H,1-4H3. The van der Waals surface area contributed by atoms with Crippen LogP contribution < -0.4 is 0 Å². The van der Waals surface area contributed by atoms with Gasteiger partial charge in [0.2, 0.25) is 0 Å². The van der Waals surface area contributed by atoms with Crippen LogP contribution in [0.25, 0.3) is 11.0 Å². The lowest BCUT2D eigenvalue weighted by molar-refractivity contribution is 0.405. The summed E-state index contributed by atoms with van der Waals surface area (Å²) in [5.74, 6) is 0.295. The highest BCUT2D eigenvalue weighted by atomic mass is 35.5. The smallest absolute Gasteiger partial charge is 0.178 e. The maximum absolute atomic E-state index is 9.62. The lowest BCUT2D eigenvalue weighted by atomic mass is 9.96. The molecule has 0 spiro atoms. The number of aromatic nitrogens is 2. The summed E-state index contributed by atoms with van der Waals surface area (Å²) in [6.07, 6.45) is 0. The summed E-state index contributed by atoms with van der Waals surface area (Å²) in [6.45, 7) is 6.13. The van der Waals surface area contributed by atoms with Crippen molar-refractivity contribution in [1.82, 2.24) is 9.55 Å². The first-order valence-corrected chi connectivity index (χ1v) is 5.68. The van der Waals surface area contributed by atoms with E-state index < -0.39 is 0 Å². The van der Waals surface area contributed by atoms with Gasteiger partial charge in [0.1, 0.15) is 10.8 Å². The van der Waals surface area contributed by atoms with Crippen LogP contribution >= 0.6 is 11.6 Å². The third-order valence-corrected chi connectivity index (χ3v) is 3.08. The number of phenolic OH excluding ortho intramolecular Hbond substituents is 2. The fraction of sp³-hybridized carbons (Fsp3) is 0.417. The molecule has 2 N–H and O–H groups in total. The van der Waals surface area contributed by atoms with Gasteiger partial charge in [0.25, 0.3) is 0 Å². The first-order chi connectivity index (χ1) is 7.73. The van der Waals surface area contributed by atoms with Crippen LogP contribution in [0.5, 0.6) is 11.5 Å². The highest BCUT2D eigenvalue weighted by Crippen LogP contribution is 2.40. The monoisotopic (exact) mass is 254 g/mol. The zero-order chi connectivity index (χ0) is 13.0. The minimum Gasteiger partial charge on any atom is -0.504 e. The van der Waals surface area contributed by atoms with Crippen molar-refractivity contribution in [1.29, 1.82) is 0 Å². The van der Waals surface area contributed by atoms with Crippen LogP contribution in [0.4, 0.5) is 0 Å². The van der Waals surface area contributed by atoms with Crippen molar-refractivity contribution in [3.05, 3.63) is 16.9 Å². The predicted octanol–water partition coefficient (Wildman–Crippen LogP) is 2.94. The molecule has 0 unspecified atom stereocenters. The molecule has 0 aliphatic rings. The minimum atomic E-state index is -0.303. The molecule has 0 radical (unpaired) electrons. The predicted molar refractivity (Wildman–Crippen MR) is 67.8 cm³/mol. The molecule has 2 aromatic rings. The number of nitrogens with zero attached hydrogens (tertiary/aromatic N) is 2. The SMILES string of the molecule is Cn1c(C(C)(C)C)nc2cc(O)c(O)c(Cl)c21. The summed E-state index contributed by atoms with van der Waals surface area (Å²) in [6, 6.07) is 1.42. The van der Waals surface area contributed by atoms with Crippen LogP contribution in [0.1, 0.15) is 26.6 Å². The van der Waals surface area contributed by atoms with Gasteiger partial charge in [-0.25, -0.2) is 4.98 Å². The molecular weight excluding hydrogens is 240 g/mol. The summed E-state index contributed by atoms with van der Waals surface area (Å²) in [4.78, 5) is 4.45. The van der Waals surface area contributed by atoms with Gasteiger partial charge < -0.3 is 14.8 Å². The molecule has 1 aromatic carbocycles. The molecule has 2 rings (SSSR count). The van der Waals surface area contributed by atoms with Crippen LogP contribution in [-0.4, -0.2) is 19.8 Å². The number of phenols is 2. The van der Waals surface area contributed by atoms with Gasteiger partial charge in [-0.05, 0) is 0 Å². The van der Waals surface area contributed by atoms with Crippen LogP contribution in [0.3, 0.4) is 0 Å². The van der Waals surface area contributed by atoms with Crippen LogP contribution in [0.15, 0.2) is 6.07 Å². The van der Waals surface area contributed by atoms with E-state index in [1.165, 1.54) is 6.07 Å². The third kappa shape index (κ3) is 1.72. The first-order valence-electron chi connectivity index (χ1n) is 5.31. The second-order valence-electron chi connectivity index (χ2n) is 5.17. The quantitative estimate of drug-likeness (QED) is 0.711. The number of hydrogen-bond donors (Lipinski definition) is 2. The second-order valence-corrected chi connectivity index (χ2v) is 5.55. The Labute approximate surface area is 104 Å². The molecule has 4 nitrogen and oxygen atoms in total. The number of rotatable bonds is 0. The number of aryl methyl sites for hydroxylation is 1. The van der Waals surface area contributed by atoms with E-state index in [9.17, 15) is 10.2 Å². The Balaban J connectivity index is 2.89. The van der Waals surface area contributed by atoms with Gasteiger partial charge in [-0.15, -0.1) is 0 Å². The number of benzene rings is 1. The molecule has 0 aliphatic heterocycles. The van der Waals surface area contributed by atoms with Crippen LogP contribution in [0.2, 0.25) is 5.02 Å². The van der Waals surface area contributed by atoms with E-state index in [0.29, 0.717) is 11.0 Å². The average molecular weight is 255 g/mol. The highest BCUT2D eigenvalue weighted by molar-refractivity contribution is 6.36. The van der Waals surface area contributed by atoms with Crippen LogP contribution in [-0.2, 0) is 12.5 Å². The summed E-state index contributed by atoms with van der Waals surface area (Å²) in [7, 11) is 1.85. The Morgan fingerprint density at radius 3 is 2.41 bits per heavy atom. The van der Waals surface area contributed by atoms with Gasteiger partial charge in [-0.3, -0.25) is 0 Å². The number of fused-ring (bicyclic) bond motifs is 1. The van der Waals surface area contributed by atoms with Crippen molar-refractivity contribution < 1.29 is 10.2 Å². The van der Waals surface area contributed by atoms with Crippen LogP contribution in [0, 0.1) is 0 Å². The highest BCUT2D eigenvalue weighted by Gasteiger charge is 2.24. The molecule has 1 heterocycles. The van der Waals surface area contributed by atoms with Crippen molar-refractivity contribution >= 4 is 22.6 Å². The van der Waals surface area contributed by atoms with Gasteiger partial charge in [0.05, 0.1) is 11.0 Å². The van der Waals surface area contributed by atoms with E-state index in [-0.39, 0.29) is 21.9 Å². The maximum Gasteiger partial charge on any atom is 0.178 e. The van der Waals surface area contributed by atoms with E-state index in [0.717, 1.165) is 5.82 Å². The van der Waals surface area contributed by atoms with Gasteiger partial charge in [0, 0.05) is 18.5 Å². The van der Waals surface area contributed by atoms with E-state index in [1.807, 2.05) is 32.4 Å². The van der Waals surface area contributed by atoms with Crippen molar-refractivity contribution in [3.63, 3.8) is 0 Å². The molecule has 0 saturated carbocycles. The molecular formula is C12H15ClN2O2. The fourth-order valence-electron chi connectivity index (χ4n) is 1.97. The Bertz CT molecular complexity index is 597. The number of hydrogen-bond acceptors (Lipinski definition) is 3. The largest absolute Gasteiger partial charge is 0.504 e. The van der Waals surface area contributed by atoms with E-state index in [1.54, 1.807) is 0 Å². The number of aromatic hydroxyl groups is 2. The second kappa shape index (κ2) is 3.53. The summed E-state index contributed by atoms with van der Waals surface area (Å²) in [5, 5.41) is 19.3.